The Bertz CT molecular complexity index is 333. The third-order valence-electron chi connectivity index (χ3n) is 2.16. The molecule has 0 aliphatic carbocycles. The van der Waals surface area contributed by atoms with Crippen LogP contribution in [0.4, 0.5) is 0 Å². The van der Waals surface area contributed by atoms with E-state index in [0.717, 1.165) is 25.2 Å². The Labute approximate surface area is 70.6 Å². The van der Waals surface area contributed by atoms with Crippen LogP contribution in [0.15, 0.2) is 6.20 Å². The predicted octanol–water partition coefficient (Wildman–Crippen LogP) is 0.0283. The zero-order valence-electron chi connectivity index (χ0n) is 6.70. The van der Waals surface area contributed by atoms with Crippen LogP contribution in [0, 0.1) is 11.3 Å². The van der Waals surface area contributed by atoms with E-state index in [1.54, 1.807) is 6.20 Å². The highest BCUT2D eigenvalue weighted by molar-refractivity contribution is 5.20. The summed E-state index contributed by atoms with van der Waals surface area (Å²) in [5, 5.41) is 8.60. The number of nitrogens with zero attached hydrogens (tertiary/aromatic N) is 3. The van der Waals surface area contributed by atoms with Crippen LogP contribution in [-0.2, 0) is 13.0 Å². The second-order valence-electron chi connectivity index (χ2n) is 3.10. The zero-order valence-corrected chi connectivity index (χ0v) is 6.70. The number of hydrogen-bond donors (Lipinski definition) is 1. The third-order valence-corrected chi connectivity index (χ3v) is 2.16. The van der Waals surface area contributed by atoms with E-state index in [2.05, 4.69) is 4.98 Å². The van der Waals surface area contributed by atoms with Gasteiger partial charge in [-0.15, -0.1) is 0 Å². The maximum Gasteiger partial charge on any atom is 0.158 e. The van der Waals surface area contributed by atoms with Gasteiger partial charge in [-0.1, -0.05) is 0 Å². The number of aryl methyl sites for hydroxylation is 1. The molecular formula is C8H10N4. The minimum Gasteiger partial charge on any atom is -0.333 e. The Morgan fingerprint density at radius 2 is 2.58 bits per heavy atom. The Kier molecular flexibility index (Phi) is 1.59. The van der Waals surface area contributed by atoms with E-state index in [-0.39, 0.29) is 6.04 Å². The van der Waals surface area contributed by atoms with Gasteiger partial charge in [0.1, 0.15) is 11.9 Å². The molecule has 2 N–H and O–H groups in total. The van der Waals surface area contributed by atoms with Gasteiger partial charge in [0.15, 0.2) is 5.69 Å². The van der Waals surface area contributed by atoms with Crippen LogP contribution >= 0.6 is 0 Å². The van der Waals surface area contributed by atoms with Gasteiger partial charge in [0.25, 0.3) is 0 Å². The number of hydrogen-bond acceptors (Lipinski definition) is 3. The summed E-state index contributed by atoms with van der Waals surface area (Å²) >= 11 is 0. The highest BCUT2D eigenvalue weighted by Crippen LogP contribution is 2.13. The van der Waals surface area contributed by atoms with Crippen molar-refractivity contribution in [3.63, 3.8) is 0 Å². The maximum atomic E-state index is 8.60. The molecule has 1 aliphatic heterocycles. The molecule has 0 spiro atoms. The molecule has 1 unspecified atom stereocenters. The molecule has 62 valence electrons. The van der Waals surface area contributed by atoms with Crippen LogP contribution in [-0.4, -0.2) is 15.6 Å². The van der Waals surface area contributed by atoms with Crippen molar-refractivity contribution in [2.45, 2.75) is 25.4 Å². The lowest BCUT2D eigenvalue weighted by Gasteiger charge is -2.18. The molecule has 0 amide bonds. The van der Waals surface area contributed by atoms with Crippen LogP contribution in [0.5, 0.6) is 0 Å². The molecule has 4 heteroatoms. The van der Waals surface area contributed by atoms with Crippen LogP contribution in [0.2, 0.25) is 0 Å². The second-order valence-corrected chi connectivity index (χ2v) is 3.10. The molecule has 1 aliphatic rings. The van der Waals surface area contributed by atoms with Gasteiger partial charge in [-0.05, 0) is 6.42 Å². The van der Waals surface area contributed by atoms with Crippen molar-refractivity contribution >= 4 is 0 Å². The van der Waals surface area contributed by atoms with E-state index >= 15 is 0 Å². The molecule has 1 atom stereocenters. The molecule has 0 saturated carbocycles. The summed E-state index contributed by atoms with van der Waals surface area (Å²) in [6, 6.07) is 2.24. The van der Waals surface area contributed by atoms with Gasteiger partial charge in [0.2, 0.25) is 0 Å². The fraction of sp³-hybridized carbons (Fsp3) is 0.500. The summed E-state index contributed by atoms with van der Waals surface area (Å²) in [6.45, 7) is 0.894. The van der Waals surface area contributed by atoms with Crippen molar-refractivity contribution in [3.05, 3.63) is 17.7 Å². The minimum absolute atomic E-state index is 0.214. The van der Waals surface area contributed by atoms with Gasteiger partial charge >= 0.3 is 0 Å². The lowest BCUT2D eigenvalue weighted by atomic mass is 10.1. The van der Waals surface area contributed by atoms with E-state index in [4.69, 9.17) is 11.0 Å². The average molecular weight is 162 g/mol. The maximum absolute atomic E-state index is 8.60. The molecule has 12 heavy (non-hydrogen) atoms. The number of fused-ring (bicyclic) bond motifs is 1. The number of nitrogens with two attached hydrogens (primary N) is 1. The number of aromatic nitrogens is 2. The number of imidazole rings is 1. The lowest BCUT2D eigenvalue weighted by molar-refractivity contribution is 0.463. The highest BCUT2D eigenvalue weighted by atomic mass is 15.1. The van der Waals surface area contributed by atoms with E-state index in [1.807, 2.05) is 10.6 Å². The van der Waals surface area contributed by atoms with Crippen LogP contribution in [0.3, 0.4) is 0 Å². The molecule has 0 bridgehead atoms. The van der Waals surface area contributed by atoms with E-state index in [0.29, 0.717) is 5.69 Å². The van der Waals surface area contributed by atoms with E-state index in [9.17, 15) is 0 Å². The topological polar surface area (TPSA) is 67.6 Å². The minimum atomic E-state index is 0.214. The Hall–Kier alpha value is -1.34. The van der Waals surface area contributed by atoms with Crippen molar-refractivity contribution in [1.82, 2.24) is 9.55 Å². The van der Waals surface area contributed by atoms with Crippen molar-refractivity contribution in [2.24, 2.45) is 5.73 Å². The Morgan fingerprint density at radius 1 is 1.75 bits per heavy atom. The molecule has 0 saturated heterocycles. The van der Waals surface area contributed by atoms with Gasteiger partial charge in [0.05, 0.1) is 0 Å². The smallest absolute Gasteiger partial charge is 0.158 e. The van der Waals surface area contributed by atoms with Crippen molar-refractivity contribution in [1.29, 1.82) is 5.26 Å². The highest BCUT2D eigenvalue weighted by Gasteiger charge is 2.17. The molecule has 1 aromatic rings. The first-order chi connectivity index (χ1) is 5.79. The molecule has 0 radical (unpaired) electrons. The summed E-state index contributed by atoms with van der Waals surface area (Å²) < 4.78 is 2.02. The largest absolute Gasteiger partial charge is 0.333 e. The molecule has 2 heterocycles. The Morgan fingerprint density at radius 3 is 3.33 bits per heavy atom. The predicted molar refractivity (Wildman–Crippen MR) is 43.2 cm³/mol. The fourth-order valence-electron chi connectivity index (χ4n) is 1.51. The Balaban J connectivity index is 2.36. The summed E-state index contributed by atoms with van der Waals surface area (Å²) in [5.41, 5.74) is 6.26. The van der Waals surface area contributed by atoms with Crippen molar-refractivity contribution < 1.29 is 0 Å². The molecule has 0 aromatic carbocycles. The number of nitriles is 1. The normalized spacial score (nSPS) is 21.5. The first kappa shape index (κ1) is 7.32. The summed E-state index contributed by atoms with van der Waals surface area (Å²) in [5.74, 6) is 0.949. The lowest BCUT2D eigenvalue weighted by Crippen LogP contribution is -2.30. The molecule has 1 aromatic heterocycles. The molecule has 4 nitrogen and oxygen atoms in total. The standard InChI is InChI=1S/C8H10N4/c9-4-7-5-12-2-1-6(10)3-8(12)11-7/h5-6H,1-3,10H2. The zero-order chi connectivity index (χ0) is 8.55. The molecular weight excluding hydrogens is 152 g/mol. The summed E-state index contributed by atoms with van der Waals surface area (Å²) in [7, 11) is 0. The fourth-order valence-corrected chi connectivity index (χ4v) is 1.51. The average Bonchev–Trinajstić information content (AvgIpc) is 2.46. The molecule has 0 fully saturated rings. The van der Waals surface area contributed by atoms with Gasteiger partial charge in [-0.2, -0.15) is 5.26 Å². The third kappa shape index (κ3) is 1.08. The molecule has 2 rings (SSSR count). The summed E-state index contributed by atoms with van der Waals surface area (Å²) in [6.07, 6.45) is 3.57. The first-order valence-corrected chi connectivity index (χ1v) is 4.01. The van der Waals surface area contributed by atoms with Crippen LogP contribution in [0.25, 0.3) is 0 Å². The van der Waals surface area contributed by atoms with E-state index < -0.39 is 0 Å². The van der Waals surface area contributed by atoms with Gasteiger partial charge in [-0.25, -0.2) is 4.98 Å². The quantitative estimate of drug-likeness (QED) is 0.585. The van der Waals surface area contributed by atoms with E-state index in [1.165, 1.54) is 0 Å². The van der Waals surface area contributed by atoms with Crippen molar-refractivity contribution in [3.8, 4) is 6.07 Å². The van der Waals surface area contributed by atoms with Crippen molar-refractivity contribution in [2.75, 3.05) is 0 Å². The summed E-state index contributed by atoms with van der Waals surface area (Å²) in [4.78, 5) is 4.14. The monoisotopic (exact) mass is 162 g/mol. The first-order valence-electron chi connectivity index (χ1n) is 4.01. The van der Waals surface area contributed by atoms with Gasteiger partial charge < -0.3 is 10.3 Å². The second kappa shape index (κ2) is 2.61. The van der Waals surface area contributed by atoms with Gasteiger partial charge in [0, 0.05) is 25.2 Å². The number of rotatable bonds is 0. The van der Waals surface area contributed by atoms with Crippen LogP contribution < -0.4 is 5.73 Å². The SMILES string of the molecule is N#Cc1cn2c(n1)CC(N)CC2. The van der Waals surface area contributed by atoms with Crippen LogP contribution in [0.1, 0.15) is 17.9 Å². The van der Waals surface area contributed by atoms with Gasteiger partial charge in [-0.3, -0.25) is 0 Å².